The minimum Gasteiger partial charge on any atom is -0.393 e. The summed E-state index contributed by atoms with van der Waals surface area (Å²) >= 11 is 0. The number of rotatable bonds is 3. The van der Waals surface area contributed by atoms with Crippen LogP contribution in [0.25, 0.3) is 0 Å². The molecule has 1 unspecified atom stereocenters. The summed E-state index contributed by atoms with van der Waals surface area (Å²) in [7, 11) is 0. The molecule has 1 aliphatic heterocycles. The SMILES string of the molecule is C=C(C)C(=O)OC(F)(F)C1(F)OC1(F)F. The van der Waals surface area contributed by atoms with Crippen LogP contribution in [0.4, 0.5) is 22.0 Å². The number of hydrogen-bond donors (Lipinski definition) is 0. The first-order valence-electron chi connectivity index (χ1n) is 3.57. The Kier molecular flexibility index (Phi) is 2.31. The lowest BCUT2D eigenvalue weighted by molar-refractivity contribution is -0.292. The second kappa shape index (κ2) is 2.91. The van der Waals surface area contributed by atoms with Crippen molar-refractivity contribution in [1.29, 1.82) is 0 Å². The summed E-state index contributed by atoms with van der Waals surface area (Å²) in [5.74, 6) is -6.28. The Hall–Kier alpha value is -1.18. The van der Waals surface area contributed by atoms with Gasteiger partial charge in [0.15, 0.2) is 0 Å². The minimum absolute atomic E-state index is 0.484. The summed E-state index contributed by atoms with van der Waals surface area (Å²) in [5, 5.41) is 0. The molecule has 3 nitrogen and oxygen atoms in total. The van der Waals surface area contributed by atoms with Crippen molar-refractivity contribution < 1.29 is 36.2 Å². The first kappa shape index (κ1) is 11.9. The van der Waals surface area contributed by atoms with Crippen molar-refractivity contribution in [2.24, 2.45) is 0 Å². The Morgan fingerprint density at radius 1 is 1.40 bits per heavy atom. The minimum atomic E-state index is -5.06. The third kappa shape index (κ3) is 1.69. The maximum Gasteiger partial charge on any atom is 0.471 e. The van der Waals surface area contributed by atoms with Crippen molar-refractivity contribution in [3.63, 3.8) is 0 Å². The van der Waals surface area contributed by atoms with E-state index in [2.05, 4.69) is 16.1 Å². The highest BCUT2D eigenvalue weighted by Crippen LogP contribution is 2.60. The largest absolute Gasteiger partial charge is 0.471 e. The number of ether oxygens (including phenoxy) is 2. The van der Waals surface area contributed by atoms with E-state index in [0.717, 1.165) is 6.92 Å². The van der Waals surface area contributed by atoms with Gasteiger partial charge in [-0.1, -0.05) is 6.58 Å². The predicted molar refractivity (Wildman–Crippen MR) is 35.7 cm³/mol. The molecule has 8 heteroatoms. The summed E-state index contributed by atoms with van der Waals surface area (Å²) in [4.78, 5) is 10.6. The van der Waals surface area contributed by atoms with E-state index in [1.807, 2.05) is 0 Å². The summed E-state index contributed by atoms with van der Waals surface area (Å²) in [6, 6.07) is 0. The first-order valence-corrected chi connectivity index (χ1v) is 3.57. The number of halogens is 5. The van der Waals surface area contributed by atoms with E-state index in [9.17, 15) is 26.7 Å². The molecule has 0 aromatic carbocycles. The highest BCUT2D eigenvalue weighted by Gasteiger charge is 2.91. The number of hydrogen-bond acceptors (Lipinski definition) is 3. The van der Waals surface area contributed by atoms with Crippen molar-refractivity contribution in [3.05, 3.63) is 12.2 Å². The Balaban J connectivity index is 2.78. The van der Waals surface area contributed by atoms with Crippen LogP contribution in [0, 0.1) is 0 Å². The zero-order chi connectivity index (χ0) is 12.1. The van der Waals surface area contributed by atoms with Crippen LogP contribution in [0.5, 0.6) is 0 Å². The van der Waals surface area contributed by atoms with Gasteiger partial charge in [0, 0.05) is 5.57 Å². The maximum absolute atomic E-state index is 12.7. The molecule has 0 N–H and O–H groups in total. The second-order valence-corrected chi connectivity index (χ2v) is 2.90. The Morgan fingerprint density at radius 2 is 1.80 bits per heavy atom. The average Bonchev–Trinajstić information content (AvgIpc) is 2.51. The summed E-state index contributed by atoms with van der Waals surface area (Å²) in [6.45, 7) is 3.91. The van der Waals surface area contributed by atoms with Gasteiger partial charge in [0.2, 0.25) is 0 Å². The highest BCUT2D eigenvalue weighted by atomic mass is 19.3. The normalized spacial score (nSPS) is 28.4. The average molecular weight is 232 g/mol. The third-order valence-electron chi connectivity index (χ3n) is 1.55. The van der Waals surface area contributed by atoms with Crippen LogP contribution < -0.4 is 0 Å². The van der Waals surface area contributed by atoms with Crippen LogP contribution in [-0.4, -0.2) is 24.0 Å². The van der Waals surface area contributed by atoms with Crippen molar-refractivity contribution in [2.45, 2.75) is 25.0 Å². The molecule has 1 atom stereocenters. The predicted octanol–water partition coefficient (Wildman–Crippen LogP) is 1.99. The molecule has 0 spiro atoms. The van der Waals surface area contributed by atoms with Crippen LogP contribution >= 0.6 is 0 Å². The molecule has 1 fully saturated rings. The van der Waals surface area contributed by atoms with Gasteiger partial charge in [0.1, 0.15) is 0 Å². The molecular weight excluding hydrogens is 227 g/mol. The van der Waals surface area contributed by atoms with Crippen LogP contribution in [0.2, 0.25) is 0 Å². The summed E-state index contributed by atoms with van der Waals surface area (Å²) < 4.78 is 68.1. The molecule has 86 valence electrons. The fourth-order valence-corrected chi connectivity index (χ4v) is 0.649. The van der Waals surface area contributed by atoms with Gasteiger partial charge in [0.25, 0.3) is 0 Å². The lowest BCUT2D eigenvalue weighted by Gasteiger charge is -2.16. The van der Waals surface area contributed by atoms with Crippen molar-refractivity contribution >= 4 is 5.97 Å². The van der Waals surface area contributed by atoms with Gasteiger partial charge in [0.05, 0.1) is 0 Å². The smallest absolute Gasteiger partial charge is 0.393 e. The molecule has 0 aromatic heterocycles. The van der Waals surface area contributed by atoms with Gasteiger partial charge in [-0.25, -0.2) is 4.79 Å². The van der Waals surface area contributed by atoms with Gasteiger partial charge >= 0.3 is 24.0 Å². The van der Waals surface area contributed by atoms with Crippen LogP contribution in [-0.2, 0) is 14.3 Å². The maximum atomic E-state index is 12.7. The fraction of sp³-hybridized carbons (Fsp3) is 0.571. The Labute approximate surface area is 80.4 Å². The van der Waals surface area contributed by atoms with Gasteiger partial charge in [-0.2, -0.15) is 22.0 Å². The lowest BCUT2D eigenvalue weighted by atomic mass is 10.3. The molecular formula is C7H5F5O3. The van der Waals surface area contributed by atoms with Gasteiger partial charge in [-0.15, -0.1) is 0 Å². The van der Waals surface area contributed by atoms with Gasteiger partial charge < -0.3 is 4.74 Å². The Morgan fingerprint density at radius 3 is 2.07 bits per heavy atom. The second-order valence-electron chi connectivity index (χ2n) is 2.90. The van der Waals surface area contributed by atoms with Crippen molar-refractivity contribution in [2.75, 3.05) is 0 Å². The van der Waals surface area contributed by atoms with E-state index in [0.29, 0.717) is 0 Å². The molecule has 1 rings (SSSR count). The summed E-state index contributed by atoms with van der Waals surface area (Å²) in [5.41, 5.74) is -0.484. The van der Waals surface area contributed by atoms with Crippen molar-refractivity contribution in [3.8, 4) is 0 Å². The molecule has 0 aromatic rings. The molecule has 15 heavy (non-hydrogen) atoms. The van der Waals surface area contributed by atoms with E-state index >= 15 is 0 Å². The van der Waals surface area contributed by atoms with E-state index < -0.39 is 29.6 Å². The van der Waals surface area contributed by atoms with E-state index in [-0.39, 0.29) is 0 Å². The van der Waals surface area contributed by atoms with E-state index in [4.69, 9.17) is 0 Å². The highest BCUT2D eigenvalue weighted by molar-refractivity contribution is 5.87. The number of alkyl halides is 5. The fourth-order valence-electron chi connectivity index (χ4n) is 0.649. The number of esters is 1. The number of epoxide rings is 1. The molecule has 0 aliphatic carbocycles. The zero-order valence-corrected chi connectivity index (χ0v) is 7.32. The van der Waals surface area contributed by atoms with Crippen molar-refractivity contribution in [1.82, 2.24) is 0 Å². The standard InChI is InChI=1S/C7H5F5O3/c1-3(2)4(13)14-6(9,10)5(8)7(11,12)15-5/h1H2,2H3. The molecule has 0 amide bonds. The van der Waals surface area contributed by atoms with Crippen LogP contribution in [0.1, 0.15) is 6.92 Å². The molecule has 1 aliphatic rings. The van der Waals surface area contributed by atoms with Crippen LogP contribution in [0.15, 0.2) is 12.2 Å². The zero-order valence-electron chi connectivity index (χ0n) is 7.32. The number of carbonyl (C=O) groups is 1. The lowest BCUT2D eigenvalue weighted by Crippen LogP contribution is -2.41. The number of carbonyl (C=O) groups excluding carboxylic acids is 1. The van der Waals surface area contributed by atoms with Crippen LogP contribution in [0.3, 0.4) is 0 Å². The Bertz CT molecular complexity index is 327. The molecule has 0 radical (unpaired) electrons. The summed E-state index contributed by atoms with van der Waals surface area (Å²) in [6.07, 6.45) is -9.72. The molecule has 1 saturated heterocycles. The third-order valence-corrected chi connectivity index (χ3v) is 1.55. The quantitative estimate of drug-likeness (QED) is 0.323. The van der Waals surface area contributed by atoms with Gasteiger partial charge in [-0.3, -0.25) is 4.74 Å². The van der Waals surface area contributed by atoms with E-state index in [1.165, 1.54) is 0 Å². The molecule has 1 heterocycles. The van der Waals surface area contributed by atoms with Gasteiger partial charge in [-0.05, 0) is 6.92 Å². The van der Waals surface area contributed by atoms with E-state index in [1.54, 1.807) is 0 Å². The molecule has 0 saturated carbocycles. The molecule has 0 bridgehead atoms. The monoisotopic (exact) mass is 232 g/mol. The first-order chi connectivity index (χ1) is 6.53. The topological polar surface area (TPSA) is 38.8 Å².